The number of carbonyl (C=O) groups excluding carboxylic acids is 1. The summed E-state index contributed by atoms with van der Waals surface area (Å²) in [6, 6.07) is 1.66. The number of likely N-dealkylation sites (tertiary alicyclic amines) is 1. The molecular weight excluding hydrogens is 325 g/mol. The zero-order valence-corrected chi connectivity index (χ0v) is 13.1. The zero-order chi connectivity index (χ0) is 17.5. The van der Waals surface area contributed by atoms with E-state index in [0.717, 1.165) is 12.5 Å². The lowest BCUT2D eigenvalue weighted by molar-refractivity contribution is -0.141. The van der Waals surface area contributed by atoms with Crippen LogP contribution in [0.3, 0.4) is 0 Å². The average Bonchev–Trinajstić information content (AvgIpc) is 3.13. The lowest BCUT2D eigenvalue weighted by Crippen LogP contribution is -2.32. The molecule has 0 saturated carbocycles. The third-order valence-corrected chi connectivity index (χ3v) is 3.96. The molecule has 0 N–H and O–H groups in total. The molecule has 1 aliphatic heterocycles. The normalized spacial score (nSPS) is 18.2. The van der Waals surface area contributed by atoms with Crippen LogP contribution >= 0.6 is 0 Å². The molecule has 6 nitrogen and oxygen atoms in total. The lowest BCUT2D eigenvalue weighted by Gasteiger charge is -2.23. The van der Waals surface area contributed by atoms with Gasteiger partial charge in [0.1, 0.15) is 5.69 Å². The van der Waals surface area contributed by atoms with Crippen molar-refractivity contribution in [2.45, 2.75) is 38.9 Å². The molecule has 1 aliphatic rings. The van der Waals surface area contributed by atoms with Gasteiger partial charge in [-0.1, -0.05) is 5.16 Å². The first-order valence-electron chi connectivity index (χ1n) is 7.43. The Hall–Kier alpha value is -2.45. The summed E-state index contributed by atoms with van der Waals surface area (Å²) in [5.74, 6) is 0.436. The van der Waals surface area contributed by atoms with Gasteiger partial charge in [-0.05, 0) is 31.9 Å². The number of rotatable bonds is 2. The SMILES string of the molecule is Cc1nc([C@H]2CCCN2C(=O)c2ccc(C(F)(F)F)nc2C)no1. The van der Waals surface area contributed by atoms with Crippen molar-refractivity contribution in [2.75, 3.05) is 6.54 Å². The Morgan fingerprint density at radius 2 is 2.04 bits per heavy atom. The van der Waals surface area contributed by atoms with E-state index < -0.39 is 11.9 Å². The minimum absolute atomic E-state index is 0.0461. The summed E-state index contributed by atoms with van der Waals surface area (Å²) in [4.78, 5) is 22.0. The van der Waals surface area contributed by atoms with E-state index >= 15 is 0 Å². The van der Waals surface area contributed by atoms with Gasteiger partial charge in [0.05, 0.1) is 17.3 Å². The summed E-state index contributed by atoms with van der Waals surface area (Å²) in [5, 5.41) is 3.85. The minimum atomic E-state index is -4.54. The Balaban J connectivity index is 1.88. The molecule has 0 radical (unpaired) electrons. The highest BCUT2D eigenvalue weighted by atomic mass is 19.4. The maximum Gasteiger partial charge on any atom is 0.433 e. The molecule has 9 heteroatoms. The maximum atomic E-state index is 12.7. The molecule has 128 valence electrons. The van der Waals surface area contributed by atoms with Crippen molar-refractivity contribution < 1.29 is 22.5 Å². The number of hydrogen-bond acceptors (Lipinski definition) is 5. The molecule has 2 aromatic heterocycles. The number of pyridine rings is 1. The van der Waals surface area contributed by atoms with Crippen molar-refractivity contribution in [3.63, 3.8) is 0 Å². The minimum Gasteiger partial charge on any atom is -0.340 e. The van der Waals surface area contributed by atoms with Crippen LogP contribution < -0.4 is 0 Å². The molecular formula is C15H15F3N4O2. The van der Waals surface area contributed by atoms with Gasteiger partial charge in [0.2, 0.25) is 5.89 Å². The van der Waals surface area contributed by atoms with E-state index in [-0.39, 0.29) is 23.2 Å². The van der Waals surface area contributed by atoms with Crippen molar-refractivity contribution in [1.29, 1.82) is 0 Å². The fraction of sp³-hybridized carbons (Fsp3) is 0.467. The predicted octanol–water partition coefficient (Wildman–Crippen LogP) is 3.08. The molecule has 0 unspecified atom stereocenters. The van der Waals surface area contributed by atoms with Crippen molar-refractivity contribution in [2.24, 2.45) is 0 Å². The monoisotopic (exact) mass is 340 g/mol. The van der Waals surface area contributed by atoms with E-state index in [1.54, 1.807) is 11.8 Å². The number of halogens is 3. The van der Waals surface area contributed by atoms with Gasteiger partial charge in [-0.25, -0.2) is 4.98 Å². The number of aromatic nitrogens is 3. The van der Waals surface area contributed by atoms with E-state index in [9.17, 15) is 18.0 Å². The number of amides is 1. The van der Waals surface area contributed by atoms with Gasteiger partial charge in [-0.3, -0.25) is 4.79 Å². The molecule has 0 aliphatic carbocycles. The lowest BCUT2D eigenvalue weighted by atomic mass is 10.1. The van der Waals surface area contributed by atoms with Crippen molar-refractivity contribution in [1.82, 2.24) is 20.0 Å². The molecule has 1 saturated heterocycles. The van der Waals surface area contributed by atoms with Gasteiger partial charge >= 0.3 is 6.18 Å². The molecule has 24 heavy (non-hydrogen) atoms. The first-order valence-corrected chi connectivity index (χ1v) is 7.43. The molecule has 0 bridgehead atoms. The summed E-state index contributed by atoms with van der Waals surface area (Å²) in [6.45, 7) is 3.53. The second kappa shape index (κ2) is 5.88. The molecule has 1 atom stereocenters. The molecule has 0 aromatic carbocycles. The number of hydrogen-bond donors (Lipinski definition) is 0. The molecule has 1 fully saturated rings. The fourth-order valence-electron chi connectivity index (χ4n) is 2.83. The molecule has 2 aromatic rings. The summed E-state index contributed by atoms with van der Waals surface area (Å²) in [5.41, 5.74) is -0.816. The van der Waals surface area contributed by atoms with Crippen LogP contribution in [0.5, 0.6) is 0 Å². The first-order chi connectivity index (χ1) is 11.3. The summed E-state index contributed by atoms with van der Waals surface area (Å²) in [7, 11) is 0. The van der Waals surface area contributed by atoms with Crippen LogP contribution in [0.2, 0.25) is 0 Å². The van der Waals surface area contributed by atoms with Gasteiger partial charge < -0.3 is 9.42 Å². The molecule has 1 amide bonds. The van der Waals surface area contributed by atoms with Gasteiger partial charge in [0, 0.05) is 13.5 Å². The number of alkyl halides is 3. The van der Waals surface area contributed by atoms with E-state index in [1.165, 1.54) is 13.0 Å². The Morgan fingerprint density at radius 1 is 1.29 bits per heavy atom. The van der Waals surface area contributed by atoms with Gasteiger partial charge in [0.25, 0.3) is 5.91 Å². The van der Waals surface area contributed by atoms with Crippen molar-refractivity contribution in [3.8, 4) is 0 Å². The number of carbonyl (C=O) groups is 1. The van der Waals surface area contributed by atoms with E-state index in [4.69, 9.17) is 4.52 Å². The van der Waals surface area contributed by atoms with Crippen LogP contribution in [0.25, 0.3) is 0 Å². The van der Waals surface area contributed by atoms with E-state index in [0.29, 0.717) is 24.7 Å². The van der Waals surface area contributed by atoms with Crippen molar-refractivity contribution >= 4 is 5.91 Å². The summed E-state index contributed by atoms with van der Waals surface area (Å²) < 4.78 is 43.1. The third kappa shape index (κ3) is 2.98. The second-order valence-corrected chi connectivity index (χ2v) is 5.66. The number of nitrogens with zero attached hydrogens (tertiary/aromatic N) is 4. The van der Waals surface area contributed by atoms with Gasteiger partial charge in [-0.15, -0.1) is 0 Å². The molecule has 0 spiro atoms. The van der Waals surface area contributed by atoms with E-state index in [1.807, 2.05) is 0 Å². The third-order valence-electron chi connectivity index (χ3n) is 3.96. The average molecular weight is 340 g/mol. The quantitative estimate of drug-likeness (QED) is 0.840. The Kier molecular flexibility index (Phi) is 4.02. The van der Waals surface area contributed by atoms with Crippen LogP contribution in [0.15, 0.2) is 16.7 Å². The Bertz CT molecular complexity index is 772. The molecule has 3 heterocycles. The maximum absolute atomic E-state index is 12.7. The van der Waals surface area contributed by atoms with Crippen LogP contribution in [-0.2, 0) is 6.18 Å². The largest absolute Gasteiger partial charge is 0.433 e. The smallest absolute Gasteiger partial charge is 0.340 e. The van der Waals surface area contributed by atoms with Crippen LogP contribution in [-0.4, -0.2) is 32.5 Å². The van der Waals surface area contributed by atoms with E-state index in [2.05, 4.69) is 15.1 Å². The first kappa shape index (κ1) is 16.4. The molecule has 3 rings (SSSR count). The Morgan fingerprint density at radius 3 is 2.62 bits per heavy atom. The zero-order valence-electron chi connectivity index (χ0n) is 13.1. The van der Waals surface area contributed by atoms with Crippen molar-refractivity contribution in [3.05, 3.63) is 40.8 Å². The topological polar surface area (TPSA) is 72.1 Å². The number of aryl methyl sites for hydroxylation is 2. The predicted molar refractivity (Wildman–Crippen MR) is 76.0 cm³/mol. The second-order valence-electron chi connectivity index (χ2n) is 5.66. The highest BCUT2D eigenvalue weighted by molar-refractivity contribution is 5.95. The fourth-order valence-corrected chi connectivity index (χ4v) is 2.83. The standard InChI is InChI=1S/C15H15F3N4O2/c1-8-10(5-6-12(19-8)15(16,17)18)14(23)22-7-3-4-11(22)13-20-9(2)24-21-13/h5-6,11H,3-4,7H2,1-2H3/t11-/m1/s1. The van der Waals surface area contributed by atoms with Gasteiger partial charge in [-0.2, -0.15) is 18.2 Å². The van der Waals surface area contributed by atoms with Gasteiger partial charge in [0.15, 0.2) is 5.82 Å². The van der Waals surface area contributed by atoms with Crippen LogP contribution in [0, 0.1) is 13.8 Å². The summed E-state index contributed by atoms with van der Waals surface area (Å²) in [6.07, 6.45) is -3.10. The Labute approximate surface area is 135 Å². The van der Waals surface area contributed by atoms with Crippen LogP contribution in [0.1, 0.15) is 52.3 Å². The highest BCUT2D eigenvalue weighted by Gasteiger charge is 2.36. The summed E-state index contributed by atoms with van der Waals surface area (Å²) >= 11 is 0. The van der Waals surface area contributed by atoms with Crippen LogP contribution in [0.4, 0.5) is 13.2 Å². The highest BCUT2D eigenvalue weighted by Crippen LogP contribution is 2.33.